The maximum Gasteiger partial charge on any atom is 0.119 e. The lowest BCUT2D eigenvalue weighted by molar-refractivity contribution is 0.0424. The van der Waals surface area contributed by atoms with Crippen LogP contribution >= 0.6 is 0 Å². The van der Waals surface area contributed by atoms with Crippen LogP contribution in [0.15, 0.2) is 18.2 Å². The number of likely N-dealkylation sites (N-methyl/N-ethyl adjacent to an activating group) is 1. The number of aryl methyl sites for hydroxylation is 2. The van der Waals surface area contributed by atoms with Crippen LogP contribution in [0.3, 0.4) is 0 Å². The summed E-state index contributed by atoms with van der Waals surface area (Å²) in [6, 6.07) is 6.16. The summed E-state index contributed by atoms with van der Waals surface area (Å²) < 4.78 is 10.6. The molecule has 0 aliphatic rings. The first kappa shape index (κ1) is 17.0. The lowest BCUT2D eigenvalue weighted by Crippen LogP contribution is -2.33. The third-order valence-corrected chi connectivity index (χ3v) is 3.31. The summed E-state index contributed by atoms with van der Waals surface area (Å²) in [6.07, 6.45) is 0.508. The highest BCUT2D eigenvalue weighted by atomic mass is 16.5. The number of nitrogens with zero attached hydrogens (tertiary/aromatic N) is 1. The Morgan fingerprint density at radius 2 is 2.00 bits per heavy atom. The van der Waals surface area contributed by atoms with Crippen molar-refractivity contribution in [2.75, 3.05) is 40.5 Å². The van der Waals surface area contributed by atoms with Crippen molar-refractivity contribution in [3.8, 4) is 5.75 Å². The normalized spacial score (nSPS) is 12.7. The van der Waals surface area contributed by atoms with Gasteiger partial charge < -0.3 is 19.5 Å². The molecule has 0 heterocycles. The zero-order chi connectivity index (χ0) is 15.0. The second kappa shape index (κ2) is 8.95. The van der Waals surface area contributed by atoms with E-state index in [1.165, 1.54) is 11.1 Å². The van der Waals surface area contributed by atoms with Gasteiger partial charge in [0.25, 0.3) is 0 Å². The Hall–Kier alpha value is -1.10. The minimum atomic E-state index is -0.425. The predicted molar refractivity (Wildman–Crippen MR) is 81.4 cm³/mol. The number of methoxy groups -OCH3 is 1. The van der Waals surface area contributed by atoms with Crippen LogP contribution in [0, 0.1) is 13.8 Å². The van der Waals surface area contributed by atoms with Crippen molar-refractivity contribution in [3.05, 3.63) is 29.3 Å². The van der Waals surface area contributed by atoms with Gasteiger partial charge in [0.1, 0.15) is 5.75 Å². The summed E-state index contributed by atoms with van der Waals surface area (Å²) in [7, 11) is 3.59. The average molecular weight is 281 g/mol. The molecule has 0 aromatic heterocycles. The van der Waals surface area contributed by atoms with Gasteiger partial charge in [-0.05, 0) is 50.6 Å². The molecule has 0 amide bonds. The predicted octanol–water partition coefficient (Wildman–Crippen LogP) is 2.01. The minimum Gasteiger partial charge on any atom is -0.494 e. The topological polar surface area (TPSA) is 41.9 Å². The zero-order valence-electron chi connectivity index (χ0n) is 13.1. The Kier molecular flexibility index (Phi) is 7.59. The van der Waals surface area contributed by atoms with Gasteiger partial charge in [0, 0.05) is 20.2 Å². The van der Waals surface area contributed by atoms with E-state index in [0.717, 1.165) is 18.7 Å². The van der Waals surface area contributed by atoms with Crippen LogP contribution in [-0.4, -0.2) is 56.6 Å². The van der Waals surface area contributed by atoms with Gasteiger partial charge in [-0.15, -0.1) is 0 Å². The molecular weight excluding hydrogens is 254 g/mol. The fraction of sp³-hybridized carbons (Fsp3) is 0.625. The van der Waals surface area contributed by atoms with Gasteiger partial charge in [-0.25, -0.2) is 0 Å². The van der Waals surface area contributed by atoms with E-state index in [2.05, 4.69) is 30.9 Å². The molecule has 20 heavy (non-hydrogen) atoms. The molecule has 1 atom stereocenters. The van der Waals surface area contributed by atoms with E-state index in [0.29, 0.717) is 19.8 Å². The molecule has 1 aromatic carbocycles. The number of aliphatic hydroxyl groups is 1. The monoisotopic (exact) mass is 281 g/mol. The second-order valence-corrected chi connectivity index (χ2v) is 5.32. The molecule has 0 aliphatic heterocycles. The van der Waals surface area contributed by atoms with E-state index in [1.807, 2.05) is 13.1 Å². The smallest absolute Gasteiger partial charge is 0.119 e. The number of aliphatic hydroxyl groups excluding tert-OH is 1. The van der Waals surface area contributed by atoms with Crippen molar-refractivity contribution in [3.63, 3.8) is 0 Å². The van der Waals surface area contributed by atoms with Crippen LogP contribution in [0.4, 0.5) is 0 Å². The quantitative estimate of drug-likeness (QED) is 0.703. The molecule has 0 saturated heterocycles. The fourth-order valence-electron chi connectivity index (χ4n) is 2.02. The first-order chi connectivity index (χ1) is 9.52. The highest BCUT2D eigenvalue weighted by Gasteiger charge is 2.07. The molecule has 114 valence electrons. The third-order valence-electron chi connectivity index (χ3n) is 3.31. The van der Waals surface area contributed by atoms with E-state index < -0.39 is 6.10 Å². The molecule has 0 radical (unpaired) electrons. The molecule has 1 N–H and O–H groups in total. The number of benzene rings is 1. The summed E-state index contributed by atoms with van der Waals surface area (Å²) in [4.78, 5) is 2.09. The van der Waals surface area contributed by atoms with Crippen LogP contribution in [0.2, 0.25) is 0 Å². The summed E-state index contributed by atoms with van der Waals surface area (Å²) in [5.74, 6) is 0.926. The molecule has 0 fully saturated rings. The van der Waals surface area contributed by atoms with Crippen molar-refractivity contribution in [2.45, 2.75) is 26.4 Å². The number of rotatable bonds is 9. The van der Waals surface area contributed by atoms with E-state index in [9.17, 15) is 5.11 Å². The lowest BCUT2D eigenvalue weighted by Gasteiger charge is -2.20. The van der Waals surface area contributed by atoms with Crippen molar-refractivity contribution >= 4 is 0 Å². The lowest BCUT2D eigenvalue weighted by atomic mass is 10.1. The molecule has 0 spiro atoms. The number of hydrogen-bond acceptors (Lipinski definition) is 4. The van der Waals surface area contributed by atoms with Crippen LogP contribution in [-0.2, 0) is 4.74 Å². The fourth-order valence-corrected chi connectivity index (χ4v) is 2.02. The Morgan fingerprint density at radius 1 is 1.25 bits per heavy atom. The van der Waals surface area contributed by atoms with Gasteiger partial charge in [-0.2, -0.15) is 0 Å². The highest BCUT2D eigenvalue weighted by molar-refractivity contribution is 5.33. The maximum atomic E-state index is 9.61. The van der Waals surface area contributed by atoms with Crippen molar-refractivity contribution in [1.82, 2.24) is 4.90 Å². The van der Waals surface area contributed by atoms with Crippen LogP contribution in [0.5, 0.6) is 5.75 Å². The van der Waals surface area contributed by atoms with Crippen LogP contribution < -0.4 is 4.74 Å². The molecule has 1 aromatic rings. The summed E-state index contributed by atoms with van der Waals surface area (Å²) in [6.45, 7) is 6.77. The zero-order valence-corrected chi connectivity index (χ0v) is 13.1. The Labute approximate surface area is 122 Å². The molecule has 1 rings (SSSR count). The Bertz CT molecular complexity index is 395. The number of ether oxygens (including phenoxy) is 2. The first-order valence-corrected chi connectivity index (χ1v) is 7.08. The van der Waals surface area contributed by atoms with E-state index in [-0.39, 0.29) is 0 Å². The van der Waals surface area contributed by atoms with Gasteiger partial charge in [0.05, 0.1) is 19.3 Å². The maximum absolute atomic E-state index is 9.61. The molecule has 4 heteroatoms. The summed E-state index contributed by atoms with van der Waals surface area (Å²) in [5.41, 5.74) is 2.53. The minimum absolute atomic E-state index is 0.378. The van der Waals surface area contributed by atoms with Crippen molar-refractivity contribution in [2.24, 2.45) is 0 Å². The Balaban J connectivity index is 2.19. The van der Waals surface area contributed by atoms with E-state index >= 15 is 0 Å². The average Bonchev–Trinajstić information content (AvgIpc) is 2.39. The van der Waals surface area contributed by atoms with Crippen LogP contribution in [0.25, 0.3) is 0 Å². The SMILES string of the molecule is COCC(O)CN(C)CCCOc1ccc(C)c(C)c1. The molecular formula is C16H27NO3. The molecule has 0 saturated carbocycles. The third kappa shape index (κ3) is 6.37. The van der Waals surface area contributed by atoms with Gasteiger partial charge in [-0.3, -0.25) is 0 Å². The van der Waals surface area contributed by atoms with Gasteiger partial charge in [-0.1, -0.05) is 6.07 Å². The van der Waals surface area contributed by atoms with Gasteiger partial charge in [0.15, 0.2) is 0 Å². The first-order valence-electron chi connectivity index (χ1n) is 7.08. The van der Waals surface area contributed by atoms with Crippen molar-refractivity contribution < 1.29 is 14.6 Å². The van der Waals surface area contributed by atoms with Gasteiger partial charge >= 0.3 is 0 Å². The van der Waals surface area contributed by atoms with Gasteiger partial charge in [0.2, 0.25) is 0 Å². The second-order valence-electron chi connectivity index (χ2n) is 5.32. The molecule has 0 aliphatic carbocycles. The molecule has 0 bridgehead atoms. The summed E-state index contributed by atoms with van der Waals surface area (Å²) in [5, 5.41) is 9.61. The standard InChI is InChI=1S/C16H27NO3/c1-13-6-7-16(10-14(13)2)20-9-5-8-17(3)11-15(18)12-19-4/h6-7,10,15,18H,5,8-9,11-12H2,1-4H3. The summed E-state index contributed by atoms with van der Waals surface area (Å²) >= 11 is 0. The van der Waals surface area contributed by atoms with Crippen LogP contribution in [0.1, 0.15) is 17.5 Å². The van der Waals surface area contributed by atoms with E-state index in [1.54, 1.807) is 7.11 Å². The molecule has 4 nitrogen and oxygen atoms in total. The van der Waals surface area contributed by atoms with Crippen molar-refractivity contribution in [1.29, 1.82) is 0 Å². The van der Waals surface area contributed by atoms with E-state index in [4.69, 9.17) is 9.47 Å². The molecule has 1 unspecified atom stereocenters. The largest absolute Gasteiger partial charge is 0.494 e. The highest BCUT2D eigenvalue weighted by Crippen LogP contribution is 2.16. The Morgan fingerprint density at radius 3 is 2.65 bits per heavy atom. The number of hydrogen-bond donors (Lipinski definition) is 1.